The summed E-state index contributed by atoms with van der Waals surface area (Å²) in [6.07, 6.45) is 6.83. The van der Waals surface area contributed by atoms with Crippen molar-refractivity contribution >= 4 is 54.2 Å². The van der Waals surface area contributed by atoms with E-state index in [2.05, 4.69) is 0 Å². The molecule has 1 saturated heterocycles. The van der Waals surface area contributed by atoms with Crippen LogP contribution >= 0.6 is 22.9 Å². The van der Waals surface area contributed by atoms with Crippen LogP contribution < -0.4 is 4.90 Å². The molecule has 2 aromatic carbocycles. The van der Waals surface area contributed by atoms with Crippen molar-refractivity contribution in [2.45, 2.75) is 75.8 Å². The second-order valence-corrected chi connectivity index (χ2v) is 13.4. The summed E-state index contributed by atoms with van der Waals surface area (Å²) in [5.74, 6) is -0.239. The molecule has 2 heterocycles. The molecule has 1 aliphatic carbocycles. The molecule has 2 aliphatic rings. The highest BCUT2D eigenvalue weighted by molar-refractivity contribution is 7.89. The number of aromatic nitrogens is 1. The van der Waals surface area contributed by atoms with E-state index < -0.39 is 10.0 Å². The van der Waals surface area contributed by atoms with Gasteiger partial charge in [-0.05, 0) is 68.5 Å². The molecule has 5 rings (SSSR count). The lowest BCUT2D eigenvalue weighted by atomic mass is 9.95. The fraction of sp³-hybridized carbons (Fsp3) is 0.500. The maximum atomic E-state index is 13.8. The van der Waals surface area contributed by atoms with Gasteiger partial charge in [0.05, 0.1) is 32.8 Å². The summed E-state index contributed by atoms with van der Waals surface area (Å²) in [4.78, 5) is 20.5. The molecule has 1 aromatic heterocycles. The molecular formula is C28H34ClN3O4S2. The summed E-state index contributed by atoms with van der Waals surface area (Å²) < 4.78 is 35.3. The van der Waals surface area contributed by atoms with Gasteiger partial charge in [-0.15, -0.1) is 0 Å². The van der Waals surface area contributed by atoms with Gasteiger partial charge in [0.15, 0.2) is 5.13 Å². The number of hydrogen-bond donors (Lipinski definition) is 0. The molecule has 1 atom stereocenters. The van der Waals surface area contributed by atoms with E-state index in [1.54, 1.807) is 33.5 Å². The normalized spacial score (nSPS) is 18.9. The third kappa shape index (κ3) is 5.49. The SMILES string of the molecule is CCN(C1CCCCC1)S(=O)(=O)c1ccc(C(=O)N(CC2CCCO2)c2nc3c(C)ccc(Cl)c3s2)cc1. The van der Waals surface area contributed by atoms with Crippen LogP contribution in [0, 0.1) is 6.92 Å². The number of hydrogen-bond acceptors (Lipinski definition) is 6. The minimum atomic E-state index is -3.65. The van der Waals surface area contributed by atoms with E-state index in [1.165, 1.54) is 11.3 Å². The number of ether oxygens (including phenoxy) is 1. The number of carbonyl (C=O) groups excluding carboxylic acids is 1. The summed E-state index contributed by atoms with van der Waals surface area (Å²) in [5, 5.41) is 1.16. The molecule has 10 heteroatoms. The Labute approximate surface area is 233 Å². The van der Waals surface area contributed by atoms with Crippen LogP contribution in [0.5, 0.6) is 0 Å². The minimum absolute atomic E-state index is 0.0382. The monoisotopic (exact) mass is 575 g/mol. The molecular weight excluding hydrogens is 542 g/mol. The second kappa shape index (κ2) is 11.6. The predicted molar refractivity (Wildman–Crippen MR) is 153 cm³/mol. The van der Waals surface area contributed by atoms with Crippen molar-refractivity contribution < 1.29 is 17.9 Å². The van der Waals surface area contributed by atoms with Gasteiger partial charge < -0.3 is 4.74 Å². The first-order valence-corrected chi connectivity index (χ1v) is 16.0. The van der Waals surface area contributed by atoms with Gasteiger partial charge in [-0.3, -0.25) is 9.69 Å². The van der Waals surface area contributed by atoms with E-state index in [0.717, 1.165) is 60.7 Å². The first-order chi connectivity index (χ1) is 18.3. The molecule has 7 nitrogen and oxygen atoms in total. The fourth-order valence-electron chi connectivity index (χ4n) is 5.50. The molecule has 38 heavy (non-hydrogen) atoms. The van der Waals surface area contributed by atoms with E-state index in [-0.39, 0.29) is 22.9 Å². The van der Waals surface area contributed by atoms with Gasteiger partial charge in [-0.1, -0.05) is 55.2 Å². The van der Waals surface area contributed by atoms with E-state index in [4.69, 9.17) is 21.3 Å². The number of thiazole rings is 1. The largest absolute Gasteiger partial charge is 0.376 e. The highest BCUT2D eigenvalue weighted by Gasteiger charge is 2.32. The lowest BCUT2D eigenvalue weighted by Gasteiger charge is -2.32. The number of rotatable bonds is 8. The number of halogens is 1. The molecule has 0 spiro atoms. The van der Waals surface area contributed by atoms with Gasteiger partial charge in [-0.2, -0.15) is 4.31 Å². The van der Waals surface area contributed by atoms with Gasteiger partial charge in [0.1, 0.15) is 0 Å². The topological polar surface area (TPSA) is 79.8 Å². The fourth-order valence-corrected chi connectivity index (χ4v) is 8.52. The van der Waals surface area contributed by atoms with Crippen LogP contribution in [-0.4, -0.2) is 55.5 Å². The number of nitrogens with zero attached hydrogens (tertiary/aromatic N) is 3. The standard InChI is InChI=1S/C28H34ClN3O4S2/c1-3-32(21-8-5-4-6-9-21)38(34,35)23-14-12-20(13-15-23)27(33)31(18-22-10-7-17-36-22)28-30-25-19(2)11-16-24(29)26(25)37-28/h11-16,21-22H,3-10,17-18H2,1-2H3. The number of amides is 1. The molecule has 1 unspecified atom stereocenters. The molecule has 2 fully saturated rings. The number of fused-ring (bicyclic) bond motifs is 1. The van der Waals surface area contributed by atoms with Crippen LogP contribution in [-0.2, 0) is 14.8 Å². The van der Waals surface area contributed by atoms with Gasteiger partial charge in [0.25, 0.3) is 5.91 Å². The third-order valence-corrected chi connectivity index (χ3v) is 11.2. The van der Waals surface area contributed by atoms with Gasteiger partial charge >= 0.3 is 0 Å². The van der Waals surface area contributed by atoms with Gasteiger partial charge in [0.2, 0.25) is 10.0 Å². The molecule has 1 saturated carbocycles. The Balaban J connectivity index is 1.44. The highest BCUT2D eigenvalue weighted by atomic mass is 35.5. The van der Waals surface area contributed by atoms with Crippen molar-refractivity contribution in [3.63, 3.8) is 0 Å². The Morgan fingerprint density at radius 1 is 1.08 bits per heavy atom. The Bertz CT molecular complexity index is 1360. The maximum absolute atomic E-state index is 13.8. The van der Waals surface area contributed by atoms with E-state index >= 15 is 0 Å². The number of anilines is 1. The Morgan fingerprint density at radius 2 is 1.82 bits per heavy atom. The molecule has 1 amide bonds. The lowest BCUT2D eigenvalue weighted by Crippen LogP contribution is -2.41. The van der Waals surface area contributed by atoms with Crippen molar-refractivity contribution in [3.05, 3.63) is 52.5 Å². The first kappa shape index (κ1) is 27.5. The quantitative estimate of drug-likeness (QED) is 0.309. The number of sulfonamides is 1. The number of carbonyl (C=O) groups is 1. The third-order valence-electron chi connectivity index (χ3n) is 7.57. The van der Waals surface area contributed by atoms with Crippen LogP contribution in [0.1, 0.15) is 67.8 Å². The van der Waals surface area contributed by atoms with Crippen LogP contribution in [0.2, 0.25) is 5.02 Å². The van der Waals surface area contributed by atoms with Crippen molar-refractivity contribution in [1.29, 1.82) is 0 Å². The molecule has 0 N–H and O–H groups in total. The summed E-state index contributed by atoms with van der Waals surface area (Å²) >= 11 is 7.84. The average Bonchev–Trinajstić information content (AvgIpc) is 3.61. The van der Waals surface area contributed by atoms with E-state index in [0.29, 0.717) is 35.4 Å². The minimum Gasteiger partial charge on any atom is -0.376 e. The molecule has 204 valence electrons. The summed E-state index contributed by atoms with van der Waals surface area (Å²) in [6, 6.07) is 10.1. The predicted octanol–water partition coefficient (Wildman–Crippen LogP) is 6.43. The Morgan fingerprint density at radius 3 is 2.45 bits per heavy atom. The zero-order valence-electron chi connectivity index (χ0n) is 21.9. The van der Waals surface area contributed by atoms with Gasteiger partial charge in [-0.25, -0.2) is 13.4 Å². The molecule has 3 aromatic rings. The maximum Gasteiger partial charge on any atom is 0.260 e. The van der Waals surface area contributed by atoms with Crippen molar-refractivity contribution in [2.24, 2.45) is 0 Å². The van der Waals surface area contributed by atoms with Crippen molar-refractivity contribution in [3.8, 4) is 0 Å². The van der Waals surface area contributed by atoms with Crippen LogP contribution in [0.4, 0.5) is 5.13 Å². The van der Waals surface area contributed by atoms with E-state index in [9.17, 15) is 13.2 Å². The molecule has 0 bridgehead atoms. The van der Waals surface area contributed by atoms with Crippen molar-refractivity contribution in [2.75, 3.05) is 24.6 Å². The Hall–Kier alpha value is -2.04. The summed E-state index contributed by atoms with van der Waals surface area (Å²) in [6.45, 7) is 5.35. The zero-order chi connectivity index (χ0) is 26.9. The lowest BCUT2D eigenvalue weighted by molar-refractivity contribution is 0.0917. The summed E-state index contributed by atoms with van der Waals surface area (Å²) in [5.41, 5.74) is 2.18. The second-order valence-electron chi connectivity index (χ2n) is 10.1. The number of aryl methyl sites for hydroxylation is 1. The van der Waals surface area contributed by atoms with Crippen molar-refractivity contribution in [1.82, 2.24) is 9.29 Å². The van der Waals surface area contributed by atoms with Crippen LogP contribution in [0.15, 0.2) is 41.3 Å². The Kier molecular flexibility index (Phi) is 8.40. The molecule has 1 aliphatic heterocycles. The molecule has 0 radical (unpaired) electrons. The zero-order valence-corrected chi connectivity index (χ0v) is 24.2. The highest BCUT2D eigenvalue weighted by Crippen LogP contribution is 2.37. The smallest absolute Gasteiger partial charge is 0.260 e. The van der Waals surface area contributed by atoms with Gasteiger partial charge in [0, 0.05) is 24.8 Å². The number of benzene rings is 2. The van der Waals surface area contributed by atoms with Crippen LogP contribution in [0.25, 0.3) is 10.2 Å². The average molecular weight is 576 g/mol. The van der Waals surface area contributed by atoms with Crippen LogP contribution in [0.3, 0.4) is 0 Å². The van der Waals surface area contributed by atoms with E-state index in [1.807, 2.05) is 26.0 Å². The first-order valence-electron chi connectivity index (χ1n) is 13.4. The summed E-state index contributed by atoms with van der Waals surface area (Å²) in [7, 11) is -3.65.